The van der Waals surface area contributed by atoms with E-state index in [4.69, 9.17) is 4.74 Å². The fourth-order valence-corrected chi connectivity index (χ4v) is 3.67. The predicted octanol–water partition coefficient (Wildman–Crippen LogP) is 7.95. The highest BCUT2D eigenvalue weighted by Gasteiger charge is 2.06. The van der Waals surface area contributed by atoms with Crippen molar-refractivity contribution < 1.29 is 4.74 Å². The lowest BCUT2D eigenvalue weighted by Gasteiger charge is -2.11. The smallest absolute Gasteiger partial charge is 0.119 e. The molecule has 4 aromatic rings. The normalized spacial score (nSPS) is 10.1. The van der Waals surface area contributed by atoms with Crippen LogP contribution in [-0.2, 0) is 0 Å². The maximum atomic E-state index is 5.55. The Labute approximate surface area is 186 Å². The van der Waals surface area contributed by atoms with Gasteiger partial charge in [-0.1, -0.05) is 84.4 Å². The van der Waals surface area contributed by atoms with Gasteiger partial charge in [0.1, 0.15) is 5.75 Å². The molecular weight excluding hydrogens is 376 g/mol. The molecule has 0 fully saturated rings. The molecular formula is C30H28O. The van der Waals surface area contributed by atoms with Crippen LogP contribution in [0.1, 0.15) is 18.1 Å². The van der Waals surface area contributed by atoms with Crippen molar-refractivity contribution in [1.29, 1.82) is 0 Å². The molecule has 0 saturated carbocycles. The molecule has 0 bridgehead atoms. The Morgan fingerprint density at radius 3 is 1.55 bits per heavy atom. The molecule has 0 spiro atoms. The Balaban J connectivity index is 0.00000132. The highest BCUT2D eigenvalue weighted by molar-refractivity contribution is 5.75. The Morgan fingerprint density at radius 2 is 1.03 bits per heavy atom. The molecule has 154 valence electrons. The van der Waals surface area contributed by atoms with Crippen LogP contribution in [0.25, 0.3) is 33.4 Å². The number of aryl methyl sites for hydroxylation is 2. The fourth-order valence-electron chi connectivity index (χ4n) is 3.67. The van der Waals surface area contributed by atoms with Gasteiger partial charge < -0.3 is 4.74 Å². The van der Waals surface area contributed by atoms with Crippen LogP contribution in [0.2, 0.25) is 0 Å². The zero-order valence-corrected chi connectivity index (χ0v) is 18.4. The minimum absolute atomic E-state index is 0.690. The van der Waals surface area contributed by atoms with Gasteiger partial charge >= 0.3 is 0 Å². The van der Waals surface area contributed by atoms with E-state index in [-0.39, 0.29) is 0 Å². The van der Waals surface area contributed by atoms with E-state index < -0.39 is 0 Å². The van der Waals surface area contributed by atoms with Crippen LogP contribution in [0, 0.1) is 26.7 Å². The lowest BCUT2D eigenvalue weighted by molar-refractivity contribution is 0.340. The quantitative estimate of drug-likeness (QED) is 0.307. The highest BCUT2D eigenvalue weighted by Crippen LogP contribution is 2.31. The largest absolute Gasteiger partial charge is 0.494 e. The third-order valence-electron chi connectivity index (χ3n) is 5.31. The van der Waals surface area contributed by atoms with Gasteiger partial charge in [0, 0.05) is 0 Å². The van der Waals surface area contributed by atoms with Crippen LogP contribution in [0.3, 0.4) is 0 Å². The van der Waals surface area contributed by atoms with Gasteiger partial charge in [-0.05, 0) is 71.8 Å². The van der Waals surface area contributed by atoms with E-state index in [0.29, 0.717) is 6.61 Å². The minimum Gasteiger partial charge on any atom is -0.494 e. The number of hydrogen-bond acceptors (Lipinski definition) is 1. The third kappa shape index (κ3) is 5.24. The molecule has 0 amide bonds. The van der Waals surface area contributed by atoms with Crippen molar-refractivity contribution in [2.45, 2.75) is 20.8 Å². The van der Waals surface area contributed by atoms with Gasteiger partial charge in [-0.15, -0.1) is 12.8 Å². The van der Waals surface area contributed by atoms with Crippen molar-refractivity contribution in [2.75, 3.05) is 6.61 Å². The van der Waals surface area contributed by atoms with Crippen molar-refractivity contribution in [1.82, 2.24) is 0 Å². The zero-order valence-electron chi connectivity index (χ0n) is 18.4. The molecule has 0 saturated heterocycles. The summed E-state index contributed by atoms with van der Waals surface area (Å²) in [4.78, 5) is 0. The minimum atomic E-state index is 0.690. The average Bonchev–Trinajstić information content (AvgIpc) is 2.82. The molecule has 1 nitrogen and oxygen atoms in total. The molecule has 0 N–H and O–H groups in total. The molecule has 0 radical (unpaired) electrons. The summed E-state index contributed by atoms with van der Waals surface area (Å²) in [5, 5.41) is 0. The van der Waals surface area contributed by atoms with E-state index in [9.17, 15) is 0 Å². The Bertz CT molecular complexity index is 1130. The van der Waals surface area contributed by atoms with Crippen LogP contribution in [0.5, 0.6) is 5.75 Å². The standard InChI is InChI=1S/C28H26O.C2H2/c1-4-29-27-16-13-25(14-17-27)28-18-15-26(19-21(28)3)24-11-9-23(10-12-24)22-7-5-20(2)6-8-22;1-2/h5-19H,4H2,1-3H3;1-2H. The molecule has 0 aliphatic rings. The van der Waals surface area contributed by atoms with Crippen molar-refractivity contribution >= 4 is 0 Å². The molecule has 1 heteroatoms. The predicted molar refractivity (Wildman–Crippen MR) is 133 cm³/mol. The summed E-state index contributed by atoms with van der Waals surface area (Å²) in [5.41, 5.74) is 10.0. The second-order valence-corrected chi connectivity index (χ2v) is 7.43. The van der Waals surface area contributed by atoms with Crippen LogP contribution in [0.15, 0.2) is 91.0 Å². The lowest BCUT2D eigenvalue weighted by Crippen LogP contribution is -1.91. The summed E-state index contributed by atoms with van der Waals surface area (Å²) >= 11 is 0. The van der Waals surface area contributed by atoms with Crippen molar-refractivity contribution in [3.63, 3.8) is 0 Å². The molecule has 31 heavy (non-hydrogen) atoms. The monoisotopic (exact) mass is 404 g/mol. The number of ether oxygens (including phenoxy) is 1. The van der Waals surface area contributed by atoms with Gasteiger partial charge in [-0.2, -0.15) is 0 Å². The molecule has 0 aromatic heterocycles. The fraction of sp³-hybridized carbons (Fsp3) is 0.133. The van der Waals surface area contributed by atoms with E-state index in [2.05, 4.69) is 106 Å². The SMILES string of the molecule is C#C.CCOc1ccc(-c2ccc(-c3ccc(-c4ccc(C)cc4)cc3)cc2C)cc1. The van der Waals surface area contributed by atoms with Gasteiger partial charge in [0.05, 0.1) is 6.61 Å². The summed E-state index contributed by atoms with van der Waals surface area (Å²) < 4.78 is 5.55. The van der Waals surface area contributed by atoms with Crippen LogP contribution in [-0.4, -0.2) is 6.61 Å². The zero-order chi connectivity index (χ0) is 22.2. The molecule has 0 aliphatic carbocycles. The number of hydrogen-bond donors (Lipinski definition) is 0. The molecule has 0 heterocycles. The topological polar surface area (TPSA) is 9.23 Å². The van der Waals surface area contributed by atoms with E-state index in [1.54, 1.807) is 0 Å². The average molecular weight is 405 g/mol. The lowest BCUT2D eigenvalue weighted by atomic mass is 9.94. The number of rotatable bonds is 5. The number of benzene rings is 4. The second kappa shape index (κ2) is 10.3. The first-order valence-electron chi connectivity index (χ1n) is 10.5. The van der Waals surface area contributed by atoms with E-state index in [1.165, 1.54) is 44.5 Å². The first kappa shape index (κ1) is 21.9. The molecule has 4 rings (SSSR count). The molecule has 0 atom stereocenters. The van der Waals surface area contributed by atoms with E-state index >= 15 is 0 Å². The maximum absolute atomic E-state index is 5.55. The summed E-state index contributed by atoms with van der Waals surface area (Å²) in [6, 6.07) is 32.5. The summed E-state index contributed by atoms with van der Waals surface area (Å²) in [7, 11) is 0. The Kier molecular flexibility index (Phi) is 7.31. The molecule has 0 aliphatic heterocycles. The summed E-state index contributed by atoms with van der Waals surface area (Å²) in [6.45, 7) is 6.99. The van der Waals surface area contributed by atoms with Crippen LogP contribution < -0.4 is 4.74 Å². The van der Waals surface area contributed by atoms with Gasteiger partial charge in [0.15, 0.2) is 0 Å². The molecule has 0 unspecified atom stereocenters. The first-order valence-corrected chi connectivity index (χ1v) is 10.5. The van der Waals surface area contributed by atoms with Gasteiger partial charge in [-0.3, -0.25) is 0 Å². The third-order valence-corrected chi connectivity index (χ3v) is 5.31. The van der Waals surface area contributed by atoms with Gasteiger partial charge in [0.2, 0.25) is 0 Å². The van der Waals surface area contributed by atoms with Crippen molar-refractivity contribution in [3.8, 4) is 52.0 Å². The van der Waals surface area contributed by atoms with Crippen LogP contribution in [0.4, 0.5) is 0 Å². The maximum Gasteiger partial charge on any atom is 0.119 e. The van der Waals surface area contributed by atoms with Crippen LogP contribution >= 0.6 is 0 Å². The first-order chi connectivity index (χ1) is 15.1. The Morgan fingerprint density at radius 1 is 0.581 bits per heavy atom. The summed E-state index contributed by atoms with van der Waals surface area (Å²) in [6.07, 6.45) is 8.00. The highest BCUT2D eigenvalue weighted by atomic mass is 16.5. The van der Waals surface area contributed by atoms with Gasteiger partial charge in [-0.25, -0.2) is 0 Å². The van der Waals surface area contributed by atoms with E-state index in [1.807, 2.05) is 19.1 Å². The van der Waals surface area contributed by atoms with Crippen molar-refractivity contribution in [3.05, 3.63) is 102 Å². The summed E-state index contributed by atoms with van der Waals surface area (Å²) in [5.74, 6) is 0.916. The van der Waals surface area contributed by atoms with Crippen molar-refractivity contribution in [2.24, 2.45) is 0 Å². The molecule has 4 aromatic carbocycles. The second-order valence-electron chi connectivity index (χ2n) is 7.43. The number of terminal acetylenes is 1. The van der Waals surface area contributed by atoms with Gasteiger partial charge in [0.25, 0.3) is 0 Å². The Hall–Kier alpha value is -3.76. The van der Waals surface area contributed by atoms with E-state index in [0.717, 1.165) is 5.75 Å².